The monoisotopic (exact) mass is 302 g/mol. The van der Waals surface area contributed by atoms with Crippen molar-refractivity contribution in [2.75, 3.05) is 0 Å². The maximum absolute atomic E-state index is 13.1. The summed E-state index contributed by atoms with van der Waals surface area (Å²) in [7, 11) is 0. The van der Waals surface area contributed by atoms with Gasteiger partial charge in [0, 0.05) is 16.1 Å². The molecule has 0 amide bonds. The van der Waals surface area contributed by atoms with Gasteiger partial charge < -0.3 is 0 Å². The van der Waals surface area contributed by atoms with Gasteiger partial charge in [-0.1, -0.05) is 34.8 Å². The Morgan fingerprint density at radius 2 is 1.44 bits per heavy atom. The van der Waals surface area contributed by atoms with Crippen LogP contribution in [-0.4, -0.2) is 5.78 Å². The van der Waals surface area contributed by atoms with Gasteiger partial charge in [-0.05, 0) is 36.4 Å². The highest BCUT2D eigenvalue weighted by Gasteiger charge is 2.17. The summed E-state index contributed by atoms with van der Waals surface area (Å²) < 4.78 is 13.1. The van der Waals surface area contributed by atoms with Crippen LogP contribution < -0.4 is 0 Å². The van der Waals surface area contributed by atoms with Crippen LogP contribution in [0, 0.1) is 5.82 Å². The molecular formula is C13H6Cl3FO. The molecule has 0 bridgehead atoms. The maximum Gasteiger partial charge on any atom is 0.196 e. The molecule has 0 aromatic heterocycles. The van der Waals surface area contributed by atoms with Crippen molar-refractivity contribution in [1.82, 2.24) is 0 Å². The second-order valence-corrected chi connectivity index (χ2v) is 4.83. The van der Waals surface area contributed by atoms with Crippen LogP contribution in [0.3, 0.4) is 0 Å². The predicted molar refractivity (Wildman–Crippen MR) is 71.3 cm³/mol. The lowest BCUT2D eigenvalue weighted by Crippen LogP contribution is -2.03. The first-order valence-corrected chi connectivity index (χ1v) is 6.07. The Hall–Kier alpha value is -1.09. The fourth-order valence-electron chi connectivity index (χ4n) is 1.49. The Morgan fingerprint density at radius 3 is 2.11 bits per heavy atom. The summed E-state index contributed by atoms with van der Waals surface area (Å²) in [6.07, 6.45) is 0. The fraction of sp³-hybridized carbons (Fsp3) is 0. The molecule has 0 spiro atoms. The molecule has 92 valence electrons. The molecule has 2 rings (SSSR count). The highest BCUT2D eigenvalue weighted by molar-refractivity contribution is 6.39. The molecule has 0 N–H and O–H groups in total. The summed E-state index contributed by atoms with van der Waals surface area (Å²) in [5.74, 6) is -1.01. The zero-order valence-corrected chi connectivity index (χ0v) is 11.2. The minimum Gasteiger partial charge on any atom is -0.288 e. The van der Waals surface area contributed by atoms with E-state index in [-0.39, 0.29) is 21.2 Å². The van der Waals surface area contributed by atoms with Crippen LogP contribution in [0.2, 0.25) is 15.1 Å². The van der Waals surface area contributed by atoms with Gasteiger partial charge in [0.05, 0.1) is 10.0 Å². The number of carbonyl (C=O) groups excluding carboxylic acids is 1. The van der Waals surface area contributed by atoms with Crippen molar-refractivity contribution in [3.8, 4) is 0 Å². The Bertz CT molecular complexity index is 572. The molecule has 2 aromatic carbocycles. The Morgan fingerprint density at radius 1 is 0.889 bits per heavy atom. The topological polar surface area (TPSA) is 17.1 Å². The van der Waals surface area contributed by atoms with E-state index in [1.807, 2.05) is 0 Å². The van der Waals surface area contributed by atoms with Gasteiger partial charge in [-0.3, -0.25) is 4.79 Å². The normalized spacial score (nSPS) is 10.4. The van der Waals surface area contributed by atoms with Crippen molar-refractivity contribution in [2.45, 2.75) is 0 Å². The first-order valence-electron chi connectivity index (χ1n) is 4.94. The second kappa shape index (κ2) is 5.27. The molecule has 0 aliphatic heterocycles. The van der Waals surface area contributed by atoms with Crippen molar-refractivity contribution in [1.29, 1.82) is 0 Å². The number of hydrogen-bond acceptors (Lipinski definition) is 1. The molecule has 0 saturated heterocycles. The molecule has 2 aromatic rings. The summed E-state index contributed by atoms with van der Waals surface area (Å²) in [5, 5.41) is 0.775. The molecule has 0 atom stereocenters. The van der Waals surface area contributed by atoms with Crippen molar-refractivity contribution in [2.24, 2.45) is 0 Å². The molecule has 0 aliphatic carbocycles. The third-order valence-corrected chi connectivity index (χ3v) is 3.24. The quantitative estimate of drug-likeness (QED) is 0.712. The van der Waals surface area contributed by atoms with Gasteiger partial charge in [0.1, 0.15) is 5.82 Å². The molecular weight excluding hydrogens is 297 g/mol. The third-order valence-electron chi connectivity index (χ3n) is 2.35. The van der Waals surface area contributed by atoms with E-state index < -0.39 is 11.6 Å². The Labute approximate surface area is 118 Å². The number of ketones is 1. The van der Waals surface area contributed by atoms with E-state index in [1.54, 1.807) is 6.07 Å². The lowest BCUT2D eigenvalue weighted by Gasteiger charge is -2.06. The summed E-state index contributed by atoms with van der Waals surface area (Å²) in [4.78, 5) is 12.2. The van der Waals surface area contributed by atoms with E-state index in [9.17, 15) is 9.18 Å². The van der Waals surface area contributed by atoms with Crippen molar-refractivity contribution in [3.63, 3.8) is 0 Å². The van der Waals surface area contributed by atoms with Gasteiger partial charge in [-0.25, -0.2) is 4.39 Å². The van der Waals surface area contributed by atoms with E-state index in [1.165, 1.54) is 24.3 Å². The minimum absolute atomic E-state index is 0.0563. The smallest absolute Gasteiger partial charge is 0.196 e. The highest BCUT2D eigenvalue weighted by Crippen LogP contribution is 2.26. The molecule has 0 unspecified atom stereocenters. The Kier molecular flexibility index (Phi) is 3.91. The molecule has 0 radical (unpaired) electrons. The van der Waals surface area contributed by atoms with Crippen LogP contribution in [-0.2, 0) is 0 Å². The van der Waals surface area contributed by atoms with E-state index in [0.29, 0.717) is 5.02 Å². The van der Waals surface area contributed by atoms with Gasteiger partial charge in [-0.2, -0.15) is 0 Å². The summed E-state index contributed by atoms with van der Waals surface area (Å²) in [6.45, 7) is 0. The van der Waals surface area contributed by atoms with Crippen molar-refractivity contribution >= 4 is 40.6 Å². The van der Waals surface area contributed by atoms with Crippen molar-refractivity contribution in [3.05, 3.63) is 68.4 Å². The molecule has 5 heteroatoms. The van der Waals surface area contributed by atoms with Crippen LogP contribution >= 0.6 is 34.8 Å². The van der Waals surface area contributed by atoms with Crippen molar-refractivity contribution < 1.29 is 9.18 Å². The summed E-state index contributed by atoms with van der Waals surface area (Å²) in [5.41, 5.74) is 0.248. The SMILES string of the molecule is O=C(c1cc(F)ccc1Cl)c1cc(Cl)ccc1Cl. The molecule has 1 nitrogen and oxygen atoms in total. The zero-order chi connectivity index (χ0) is 13.3. The van der Waals surface area contributed by atoms with Gasteiger partial charge in [0.25, 0.3) is 0 Å². The van der Waals surface area contributed by atoms with Gasteiger partial charge in [-0.15, -0.1) is 0 Å². The summed E-state index contributed by atoms with van der Waals surface area (Å²) >= 11 is 17.6. The third kappa shape index (κ3) is 2.66. The number of hydrogen-bond donors (Lipinski definition) is 0. The zero-order valence-electron chi connectivity index (χ0n) is 8.88. The molecule has 0 fully saturated rings. The highest BCUT2D eigenvalue weighted by atomic mass is 35.5. The number of carbonyl (C=O) groups is 1. The molecule has 18 heavy (non-hydrogen) atoms. The van der Waals surface area contributed by atoms with Crippen LogP contribution in [0.15, 0.2) is 36.4 Å². The minimum atomic E-state index is -0.541. The average molecular weight is 304 g/mol. The van der Waals surface area contributed by atoms with Crippen LogP contribution in [0.25, 0.3) is 0 Å². The number of rotatable bonds is 2. The molecule has 0 heterocycles. The van der Waals surface area contributed by atoms with Crippen LogP contribution in [0.1, 0.15) is 15.9 Å². The standard InChI is InChI=1S/C13H6Cl3FO/c14-7-1-3-11(15)9(5-7)13(18)10-6-8(17)2-4-12(10)16/h1-6H. The van der Waals surface area contributed by atoms with E-state index >= 15 is 0 Å². The number of halogens is 4. The van der Waals surface area contributed by atoms with E-state index in [4.69, 9.17) is 34.8 Å². The van der Waals surface area contributed by atoms with Gasteiger partial charge in [0.2, 0.25) is 0 Å². The first-order chi connectivity index (χ1) is 8.49. The van der Waals surface area contributed by atoms with Crippen LogP contribution in [0.4, 0.5) is 4.39 Å². The van der Waals surface area contributed by atoms with Gasteiger partial charge in [0.15, 0.2) is 5.78 Å². The number of benzene rings is 2. The summed E-state index contributed by atoms with van der Waals surface area (Å²) in [6, 6.07) is 8.06. The molecule has 0 saturated carbocycles. The first kappa shape index (κ1) is 13.3. The maximum atomic E-state index is 13.1. The predicted octanol–water partition coefficient (Wildman–Crippen LogP) is 5.02. The average Bonchev–Trinajstić information content (AvgIpc) is 2.34. The molecule has 0 aliphatic rings. The van der Waals surface area contributed by atoms with E-state index in [2.05, 4.69) is 0 Å². The largest absolute Gasteiger partial charge is 0.288 e. The van der Waals surface area contributed by atoms with Gasteiger partial charge >= 0.3 is 0 Å². The fourth-order valence-corrected chi connectivity index (χ4v) is 2.07. The van der Waals surface area contributed by atoms with E-state index in [0.717, 1.165) is 6.07 Å². The van der Waals surface area contributed by atoms with Crippen LogP contribution in [0.5, 0.6) is 0 Å². The second-order valence-electron chi connectivity index (χ2n) is 3.58. The lowest BCUT2D eigenvalue weighted by molar-refractivity contribution is 0.103. The Balaban J connectivity index is 2.54. The lowest BCUT2D eigenvalue weighted by atomic mass is 10.0.